The van der Waals surface area contributed by atoms with Gasteiger partial charge >= 0.3 is 0 Å². The lowest BCUT2D eigenvalue weighted by Crippen LogP contribution is -2.00. The van der Waals surface area contributed by atoms with Gasteiger partial charge in [-0.05, 0) is 59.2 Å². The summed E-state index contributed by atoms with van der Waals surface area (Å²) >= 11 is 15.0. The lowest BCUT2D eigenvalue weighted by atomic mass is 10.2. The molecule has 2 rings (SSSR count). The van der Waals surface area contributed by atoms with Gasteiger partial charge in [-0.15, -0.1) is 0 Å². The Kier molecular flexibility index (Phi) is 3.76. The first-order valence-electron chi connectivity index (χ1n) is 5.30. The van der Waals surface area contributed by atoms with Crippen molar-refractivity contribution in [3.63, 3.8) is 0 Å². The predicted molar refractivity (Wildman–Crippen MR) is 77.8 cm³/mol. The number of nitrogens with zero attached hydrogens (tertiary/aromatic N) is 1. The van der Waals surface area contributed by atoms with E-state index in [0.29, 0.717) is 4.77 Å². The minimum Gasteiger partial charge on any atom is -0.337 e. The number of aromatic nitrogens is 2. The molecule has 0 amide bonds. The van der Waals surface area contributed by atoms with E-state index in [1.165, 1.54) is 0 Å². The Bertz CT molecular complexity index is 615. The van der Waals surface area contributed by atoms with Gasteiger partial charge in [0.15, 0.2) is 4.77 Å². The quantitative estimate of drug-likeness (QED) is 0.782. The summed E-state index contributed by atoms with van der Waals surface area (Å²) in [5.74, 6) is 0. The first-order chi connectivity index (χ1) is 8.04. The number of halogens is 2. The smallest absolute Gasteiger partial charge is 0.182 e. The summed E-state index contributed by atoms with van der Waals surface area (Å²) in [5.41, 5.74) is 3.15. The molecule has 5 heteroatoms. The second kappa shape index (κ2) is 4.96. The summed E-state index contributed by atoms with van der Waals surface area (Å²) < 4.78 is 3.68. The Hall–Kier alpha value is -0.580. The molecule has 0 fully saturated rings. The number of imidazole rings is 1. The van der Waals surface area contributed by atoms with Gasteiger partial charge in [0.05, 0.1) is 5.69 Å². The first kappa shape index (κ1) is 12.9. The predicted octanol–water partition coefficient (Wildman–Crippen LogP) is 4.82. The molecule has 0 unspecified atom stereocenters. The normalized spacial score (nSPS) is 10.8. The van der Waals surface area contributed by atoms with Crippen molar-refractivity contribution in [2.24, 2.45) is 0 Å². The number of aromatic amines is 1. The van der Waals surface area contributed by atoms with Crippen molar-refractivity contribution in [3.8, 4) is 5.69 Å². The summed E-state index contributed by atoms with van der Waals surface area (Å²) in [6.07, 6.45) is 2.84. The lowest BCUT2D eigenvalue weighted by molar-refractivity contribution is 0.917. The van der Waals surface area contributed by atoms with Crippen LogP contribution in [0.2, 0.25) is 5.02 Å². The fourth-order valence-electron chi connectivity index (χ4n) is 1.74. The van der Waals surface area contributed by atoms with Crippen LogP contribution in [0.1, 0.15) is 18.2 Å². The molecule has 1 aromatic carbocycles. The van der Waals surface area contributed by atoms with E-state index in [1.54, 1.807) is 0 Å². The van der Waals surface area contributed by atoms with Crippen LogP contribution in [0.5, 0.6) is 0 Å². The highest BCUT2D eigenvalue weighted by molar-refractivity contribution is 9.10. The van der Waals surface area contributed by atoms with Crippen LogP contribution in [0.4, 0.5) is 0 Å². The van der Waals surface area contributed by atoms with Crippen LogP contribution in [-0.4, -0.2) is 9.55 Å². The fraction of sp³-hybridized carbons (Fsp3) is 0.250. The molecular weight excluding hydrogens is 320 g/mol. The molecule has 1 aromatic heterocycles. The van der Waals surface area contributed by atoms with Gasteiger partial charge in [0, 0.05) is 21.4 Å². The van der Waals surface area contributed by atoms with Gasteiger partial charge in [0.1, 0.15) is 0 Å². The highest BCUT2D eigenvalue weighted by Crippen LogP contribution is 2.29. The van der Waals surface area contributed by atoms with Crippen molar-refractivity contribution < 1.29 is 0 Å². The van der Waals surface area contributed by atoms with Gasteiger partial charge < -0.3 is 4.98 Å². The van der Waals surface area contributed by atoms with Gasteiger partial charge in [-0.2, -0.15) is 0 Å². The van der Waals surface area contributed by atoms with Crippen LogP contribution in [-0.2, 0) is 6.42 Å². The van der Waals surface area contributed by atoms with Gasteiger partial charge in [-0.3, -0.25) is 4.57 Å². The molecule has 0 aliphatic rings. The zero-order valence-electron chi connectivity index (χ0n) is 9.55. The summed E-state index contributed by atoms with van der Waals surface area (Å²) in [4.78, 5) is 3.06. The Morgan fingerprint density at radius 3 is 2.82 bits per heavy atom. The topological polar surface area (TPSA) is 20.7 Å². The number of hydrogen-bond acceptors (Lipinski definition) is 1. The molecule has 1 heterocycles. The van der Waals surface area contributed by atoms with Crippen LogP contribution < -0.4 is 0 Å². The monoisotopic (exact) mass is 330 g/mol. The van der Waals surface area contributed by atoms with E-state index < -0.39 is 0 Å². The highest BCUT2D eigenvalue weighted by atomic mass is 79.9. The summed E-state index contributed by atoms with van der Waals surface area (Å²) in [6.45, 7) is 4.08. The van der Waals surface area contributed by atoms with Crippen molar-refractivity contribution in [2.75, 3.05) is 0 Å². The fourth-order valence-corrected chi connectivity index (χ4v) is 2.80. The average Bonchev–Trinajstić information content (AvgIpc) is 2.65. The molecule has 0 spiro atoms. The van der Waals surface area contributed by atoms with Crippen molar-refractivity contribution in [3.05, 3.63) is 43.9 Å². The molecule has 2 aromatic rings. The Balaban J connectivity index is 2.72. The largest absolute Gasteiger partial charge is 0.337 e. The van der Waals surface area contributed by atoms with E-state index in [-0.39, 0.29) is 0 Å². The van der Waals surface area contributed by atoms with Gasteiger partial charge in [0.2, 0.25) is 0 Å². The molecule has 1 N–H and O–H groups in total. The molecule has 17 heavy (non-hydrogen) atoms. The van der Waals surface area contributed by atoms with E-state index in [0.717, 1.165) is 32.9 Å². The van der Waals surface area contributed by atoms with E-state index in [1.807, 2.05) is 29.8 Å². The minimum atomic E-state index is 0.683. The third kappa shape index (κ3) is 2.34. The molecule has 90 valence electrons. The Morgan fingerprint density at radius 2 is 2.18 bits per heavy atom. The van der Waals surface area contributed by atoms with E-state index >= 15 is 0 Å². The maximum Gasteiger partial charge on any atom is 0.182 e. The standard InChI is InChI=1S/C12H12BrClN2S/c1-3-8-6-15-12(17)16(8)11-5-10(14)7(2)4-9(11)13/h4-6H,3H2,1-2H3,(H,15,17). The number of benzene rings is 1. The SMILES string of the molecule is CCc1c[nH]c(=S)n1-c1cc(Cl)c(C)cc1Br. The average molecular weight is 332 g/mol. The summed E-state index contributed by atoms with van der Waals surface area (Å²) in [5, 5.41) is 0.744. The van der Waals surface area contributed by atoms with Crippen molar-refractivity contribution in [1.82, 2.24) is 9.55 Å². The number of H-pyrrole nitrogens is 1. The maximum absolute atomic E-state index is 6.17. The third-order valence-electron chi connectivity index (χ3n) is 2.68. The van der Waals surface area contributed by atoms with E-state index in [2.05, 4.69) is 27.8 Å². The van der Waals surface area contributed by atoms with Crippen LogP contribution >= 0.6 is 39.7 Å². The number of nitrogens with one attached hydrogen (secondary N) is 1. The number of hydrogen-bond donors (Lipinski definition) is 1. The molecule has 0 aliphatic heterocycles. The molecule has 0 saturated heterocycles. The van der Waals surface area contributed by atoms with Crippen molar-refractivity contribution >= 4 is 39.7 Å². The molecule has 0 saturated carbocycles. The van der Waals surface area contributed by atoms with Crippen LogP contribution in [0.3, 0.4) is 0 Å². The second-order valence-corrected chi connectivity index (χ2v) is 5.48. The van der Waals surface area contributed by atoms with Gasteiger partial charge in [-0.1, -0.05) is 18.5 Å². The minimum absolute atomic E-state index is 0.683. The van der Waals surface area contributed by atoms with E-state index in [4.69, 9.17) is 23.8 Å². The Morgan fingerprint density at radius 1 is 1.47 bits per heavy atom. The summed E-state index contributed by atoms with van der Waals surface area (Å²) in [6, 6.07) is 3.94. The molecule has 0 aliphatic carbocycles. The summed E-state index contributed by atoms with van der Waals surface area (Å²) in [7, 11) is 0. The molecule has 2 nitrogen and oxygen atoms in total. The number of rotatable bonds is 2. The zero-order chi connectivity index (χ0) is 12.6. The first-order valence-corrected chi connectivity index (χ1v) is 6.87. The molecule has 0 radical (unpaired) electrons. The zero-order valence-corrected chi connectivity index (χ0v) is 12.7. The Labute approximate surface area is 119 Å². The maximum atomic E-state index is 6.17. The van der Waals surface area contributed by atoms with Crippen LogP contribution in [0.25, 0.3) is 5.69 Å². The van der Waals surface area contributed by atoms with E-state index in [9.17, 15) is 0 Å². The van der Waals surface area contributed by atoms with Crippen molar-refractivity contribution in [1.29, 1.82) is 0 Å². The lowest BCUT2D eigenvalue weighted by Gasteiger charge is -2.11. The molecule has 0 bridgehead atoms. The third-order valence-corrected chi connectivity index (χ3v) is 4.03. The van der Waals surface area contributed by atoms with Crippen LogP contribution in [0.15, 0.2) is 22.8 Å². The highest BCUT2D eigenvalue weighted by Gasteiger charge is 2.10. The van der Waals surface area contributed by atoms with Crippen LogP contribution in [0, 0.1) is 11.7 Å². The molecule has 0 atom stereocenters. The van der Waals surface area contributed by atoms with Gasteiger partial charge in [0.25, 0.3) is 0 Å². The van der Waals surface area contributed by atoms with Crippen molar-refractivity contribution in [2.45, 2.75) is 20.3 Å². The van der Waals surface area contributed by atoms with Gasteiger partial charge in [-0.25, -0.2) is 0 Å². The molecular formula is C12H12BrClN2S. The number of aryl methyl sites for hydroxylation is 2. The second-order valence-electron chi connectivity index (χ2n) is 3.83.